The van der Waals surface area contributed by atoms with Crippen LogP contribution in [-0.4, -0.2) is 38.0 Å². The van der Waals surface area contributed by atoms with Crippen molar-refractivity contribution >= 4 is 0 Å². The summed E-state index contributed by atoms with van der Waals surface area (Å²) in [7, 11) is 0. The van der Waals surface area contributed by atoms with E-state index in [0.29, 0.717) is 0 Å². The van der Waals surface area contributed by atoms with Gasteiger partial charge in [-0.15, -0.1) is 0 Å². The molecule has 2 saturated heterocycles. The molecule has 3 aliphatic rings. The minimum atomic E-state index is 0.0898. The Bertz CT molecular complexity index is 272. The number of hydrogen-bond donors (Lipinski definition) is 1. The van der Waals surface area contributed by atoms with E-state index in [4.69, 9.17) is 9.47 Å². The normalized spacial score (nSPS) is 38.2. The van der Waals surface area contributed by atoms with Crippen LogP contribution < -0.4 is 5.32 Å². The number of hydrogen-bond acceptors (Lipinski definition) is 3. The molecule has 0 aromatic carbocycles. The van der Waals surface area contributed by atoms with Crippen LogP contribution in [-0.2, 0) is 9.47 Å². The summed E-state index contributed by atoms with van der Waals surface area (Å²) >= 11 is 0. The van der Waals surface area contributed by atoms with Crippen LogP contribution in [0.15, 0.2) is 0 Å². The smallest absolute Gasteiger partial charge is 0.0939 e. The zero-order valence-corrected chi connectivity index (χ0v) is 11.6. The largest absolute Gasteiger partial charge is 0.378 e. The first-order chi connectivity index (χ1) is 8.76. The highest BCUT2D eigenvalue weighted by atomic mass is 16.6. The first-order valence-electron chi connectivity index (χ1n) is 7.71. The van der Waals surface area contributed by atoms with Gasteiger partial charge in [0.05, 0.1) is 12.2 Å². The Morgan fingerprint density at radius 3 is 2.89 bits per heavy atom. The molecule has 0 bridgehead atoms. The van der Waals surface area contributed by atoms with E-state index in [2.05, 4.69) is 12.2 Å². The molecule has 2 aliphatic heterocycles. The Morgan fingerprint density at radius 2 is 2.17 bits per heavy atom. The molecule has 3 atom stereocenters. The Balaban J connectivity index is 1.43. The van der Waals surface area contributed by atoms with Crippen LogP contribution in [0.2, 0.25) is 0 Å². The molecule has 0 radical (unpaired) electrons. The summed E-state index contributed by atoms with van der Waals surface area (Å²) < 4.78 is 11.5. The van der Waals surface area contributed by atoms with Gasteiger partial charge in [0.2, 0.25) is 0 Å². The van der Waals surface area contributed by atoms with Crippen molar-refractivity contribution in [2.45, 2.75) is 57.1 Å². The van der Waals surface area contributed by atoms with Crippen molar-refractivity contribution < 1.29 is 9.47 Å². The third-order valence-corrected chi connectivity index (χ3v) is 4.73. The minimum absolute atomic E-state index is 0.0898. The van der Waals surface area contributed by atoms with E-state index in [1.54, 1.807) is 0 Å². The van der Waals surface area contributed by atoms with Gasteiger partial charge in [-0.1, -0.05) is 6.92 Å². The maximum Gasteiger partial charge on any atom is 0.0939 e. The fourth-order valence-electron chi connectivity index (χ4n) is 3.50. The highest BCUT2D eigenvalue weighted by Gasteiger charge is 2.41. The average molecular weight is 253 g/mol. The van der Waals surface area contributed by atoms with Gasteiger partial charge in [0.1, 0.15) is 0 Å². The summed E-state index contributed by atoms with van der Waals surface area (Å²) in [6, 6.07) is 0.844. The summed E-state index contributed by atoms with van der Waals surface area (Å²) in [5.74, 6) is 1.64. The molecule has 0 aromatic rings. The molecule has 1 N–H and O–H groups in total. The second-order valence-electron chi connectivity index (χ2n) is 6.72. The van der Waals surface area contributed by atoms with Gasteiger partial charge in [-0.25, -0.2) is 0 Å². The molecule has 104 valence electrons. The molecule has 1 spiro atoms. The summed E-state index contributed by atoms with van der Waals surface area (Å²) in [6.07, 6.45) is 7.72. The second-order valence-corrected chi connectivity index (χ2v) is 6.72. The fourth-order valence-corrected chi connectivity index (χ4v) is 3.50. The lowest BCUT2D eigenvalue weighted by Crippen LogP contribution is -2.41. The molecule has 2 heterocycles. The fraction of sp³-hybridized carbons (Fsp3) is 1.00. The number of ether oxygens (including phenoxy) is 2. The van der Waals surface area contributed by atoms with Gasteiger partial charge < -0.3 is 14.8 Å². The zero-order chi connectivity index (χ0) is 12.4. The minimum Gasteiger partial charge on any atom is -0.378 e. The Kier molecular flexibility index (Phi) is 3.92. The lowest BCUT2D eigenvalue weighted by atomic mass is 9.81. The van der Waals surface area contributed by atoms with Crippen LogP contribution in [0.4, 0.5) is 0 Å². The predicted molar refractivity (Wildman–Crippen MR) is 71.6 cm³/mol. The molecular formula is C15H27NO2. The quantitative estimate of drug-likeness (QED) is 0.816. The van der Waals surface area contributed by atoms with Crippen LogP contribution in [0, 0.1) is 11.8 Å². The molecule has 0 amide bonds. The Labute approximate surface area is 111 Å². The van der Waals surface area contributed by atoms with E-state index in [0.717, 1.165) is 44.1 Å². The van der Waals surface area contributed by atoms with Crippen LogP contribution in [0.5, 0.6) is 0 Å². The van der Waals surface area contributed by atoms with E-state index in [9.17, 15) is 0 Å². The molecule has 1 aliphatic carbocycles. The van der Waals surface area contributed by atoms with Gasteiger partial charge in [0.25, 0.3) is 0 Å². The van der Waals surface area contributed by atoms with Gasteiger partial charge in [-0.3, -0.25) is 0 Å². The van der Waals surface area contributed by atoms with Crippen molar-refractivity contribution in [3.05, 3.63) is 0 Å². The summed E-state index contributed by atoms with van der Waals surface area (Å²) in [5.41, 5.74) is 0.0898. The van der Waals surface area contributed by atoms with E-state index in [1.807, 2.05) is 0 Å². The van der Waals surface area contributed by atoms with Crippen molar-refractivity contribution in [2.24, 2.45) is 11.8 Å². The molecule has 3 fully saturated rings. The van der Waals surface area contributed by atoms with Crippen molar-refractivity contribution in [1.29, 1.82) is 0 Å². The Morgan fingerprint density at radius 1 is 1.28 bits per heavy atom. The zero-order valence-electron chi connectivity index (χ0n) is 11.6. The van der Waals surface area contributed by atoms with Crippen molar-refractivity contribution in [1.82, 2.24) is 5.32 Å². The number of nitrogens with one attached hydrogen (secondary N) is 1. The lowest BCUT2D eigenvalue weighted by Gasteiger charge is -2.38. The van der Waals surface area contributed by atoms with Crippen molar-refractivity contribution in [3.8, 4) is 0 Å². The molecule has 0 aromatic heterocycles. The van der Waals surface area contributed by atoms with E-state index in [-0.39, 0.29) is 5.60 Å². The first kappa shape index (κ1) is 12.9. The topological polar surface area (TPSA) is 30.5 Å². The van der Waals surface area contributed by atoms with E-state index >= 15 is 0 Å². The van der Waals surface area contributed by atoms with Gasteiger partial charge in [0, 0.05) is 25.7 Å². The van der Waals surface area contributed by atoms with Crippen molar-refractivity contribution in [2.75, 3.05) is 26.4 Å². The molecule has 3 rings (SSSR count). The van der Waals surface area contributed by atoms with Gasteiger partial charge in [-0.05, 0) is 50.5 Å². The monoisotopic (exact) mass is 253 g/mol. The third kappa shape index (κ3) is 3.25. The van der Waals surface area contributed by atoms with E-state index in [1.165, 1.54) is 38.6 Å². The Hall–Kier alpha value is -0.120. The number of rotatable bonds is 5. The standard InChI is InChI=1S/C15H27NO2/c1-12(10-16-14-2-3-14)8-13-4-6-18-15(9-13)5-7-17-11-15/h12-14,16H,2-11H2,1H3. The molecule has 3 nitrogen and oxygen atoms in total. The van der Waals surface area contributed by atoms with E-state index < -0.39 is 0 Å². The third-order valence-electron chi connectivity index (χ3n) is 4.73. The predicted octanol–water partition coefficient (Wildman–Crippen LogP) is 2.35. The highest BCUT2D eigenvalue weighted by Crippen LogP contribution is 2.38. The van der Waals surface area contributed by atoms with Gasteiger partial charge in [-0.2, -0.15) is 0 Å². The highest BCUT2D eigenvalue weighted by molar-refractivity contribution is 4.91. The second kappa shape index (κ2) is 5.48. The summed E-state index contributed by atoms with van der Waals surface area (Å²) in [5, 5.41) is 3.65. The van der Waals surface area contributed by atoms with Crippen LogP contribution in [0.25, 0.3) is 0 Å². The maximum atomic E-state index is 6.01. The lowest BCUT2D eigenvalue weighted by molar-refractivity contribution is -0.100. The average Bonchev–Trinajstić information content (AvgIpc) is 3.09. The SMILES string of the molecule is CC(CNC1CC1)CC1CCOC2(CCOC2)C1. The first-order valence-corrected chi connectivity index (χ1v) is 7.71. The molecular weight excluding hydrogens is 226 g/mol. The maximum absolute atomic E-state index is 6.01. The molecule has 3 heteroatoms. The van der Waals surface area contributed by atoms with Crippen LogP contribution >= 0.6 is 0 Å². The molecule has 3 unspecified atom stereocenters. The van der Waals surface area contributed by atoms with Crippen molar-refractivity contribution in [3.63, 3.8) is 0 Å². The van der Waals surface area contributed by atoms with Gasteiger partial charge in [0.15, 0.2) is 0 Å². The van der Waals surface area contributed by atoms with Crippen LogP contribution in [0.3, 0.4) is 0 Å². The summed E-state index contributed by atoms with van der Waals surface area (Å²) in [6.45, 7) is 6.26. The molecule has 18 heavy (non-hydrogen) atoms. The molecule has 1 saturated carbocycles. The summed E-state index contributed by atoms with van der Waals surface area (Å²) in [4.78, 5) is 0. The van der Waals surface area contributed by atoms with Gasteiger partial charge >= 0.3 is 0 Å². The van der Waals surface area contributed by atoms with Crippen LogP contribution in [0.1, 0.15) is 45.4 Å².